The zero-order valence-corrected chi connectivity index (χ0v) is 13.6. The van der Waals surface area contributed by atoms with E-state index in [0.717, 1.165) is 6.42 Å². The van der Waals surface area contributed by atoms with E-state index in [1.54, 1.807) is 17.4 Å². The number of rotatable bonds is 5. The first kappa shape index (κ1) is 15.8. The van der Waals surface area contributed by atoms with Gasteiger partial charge in [0.2, 0.25) is 0 Å². The number of halogens is 3. The molecule has 2 atom stereocenters. The highest BCUT2D eigenvalue weighted by molar-refractivity contribution is 7.10. The minimum Gasteiger partial charge on any atom is -0.303 e. The molecule has 1 nitrogen and oxygen atoms in total. The van der Waals surface area contributed by atoms with Gasteiger partial charge in [0.1, 0.15) is 5.82 Å². The Hall–Kier alpha value is -0.610. The average molecular weight is 332 g/mol. The molecule has 0 aliphatic rings. The summed E-state index contributed by atoms with van der Waals surface area (Å²) in [5.74, 6) is -0.441. The van der Waals surface area contributed by atoms with Crippen LogP contribution in [0.2, 0.25) is 10.0 Å². The lowest BCUT2D eigenvalue weighted by Crippen LogP contribution is -2.24. The van der Waals surface area contributed by atoms with Crippen LogP contribution in [0.15, 0.2) is 29.6 Å². The molecule has 2 rings (SSSR count). The number of thiophene rings is 1. The molecule has 0 bridgehead atoms. The summed E-state index contributed by atoms with van der Waals surface area (Å²) in [4.78, 5) is 1.25. The highest BCUT2D eigenvalue weighted by atomic mass is 35.5. The lowest BCUT2D eigenvalue weighted by molar-refractivity contribution is 0.460. The van der Waals surface area contributed by atoms with E-state index in [2.05, 4.69) is 18.3 Å². The van der Waals surface area contributed by atoms with Gasteiger partial charge in [-0.05, 0) is 36.9 Å². The first-order chi connectivity index (χ1) is 9.54. The van der Waals surface area contributed by atoms with Crippen molar-refractivity contribution < 1.29 is 4.39 Å². The zero-order chi connectivity index (χ0) is 14.7. The average Bonchev–Trinajstić information content (AvgIpc) is 2.94. The van der Waals surface area contributed by atoms with E-state index in [1.807, 2.05) is 18.4 Å². The first-order valence-electron chi connectivity index (χ1n) is 6.47. The maximum absolute atomic E-state index is 13.6. The topological polar surface area (TPSA) is 12.0 Å². The molecule has 1 aromatic heterocycles. The van der Waals surface area contributed by atoms with Crippen LogP contribution >= 0.6 is 34.5 Å². The molecule has 108 valence electrons. The van der Waals surface area contributed by atoms with Crippen molar-refractivity contribution in [1.29, 1.82) is 0 Å². The molecule has 1 aromatic carbocycles. The van der Waals surface area contributed by atoms with Gasteiger partial charge in [-0.15, -0.1) is 11.3 Å². The van der Waals surface area contributed by atoms with Crippen molar-refractivity contribution in [2.75, 3.05) is 0 Å². The molecular formula is C15H16Cl2FNS. The third-order valence-corrected chi connectivity index (χ3v) is 4.96. The second-order valence-corrected chi connectivity index (χ2v) is 6.39. The van der Waals surface area contributed by atoms with Crippen molar-refractivity contribution in [3.05, 3.63) is 55.9 Å². The van der Waals surface area contributed by atoms with E-state index < -0.39 is 5.82 Å². The SMILES string of the molecule is CCC(NC(C)c1c(Cl)ccc(F)c1Cl)c1cccs1. The van der Waals surface area contributed by atoms with Crippen molar-refractivity contribution >= 4 is 34.5 Å². The van der Waals surface area contributed by atoms with Gasteiger partial charge in [0, 0.05) is 27.5 Å². The van der Waals surface area contributed by atoms with Crippen molar-refractivity contribution in [3.63, 3.8) is 0 Å². The molecule has 0 aliphatic carbocycles. The molecule has 2 aromatic rings. The van der Waals surface area contributed by atoms with Crippen LogP contribution in [0.5, 0.6) is 0 Å². The molecule has 5 heteroatoms. The Morgan fingerprint density at radius 1 is 1.30 bits per heavy atom. The Balaban J connectivity index is 2.24. The maximum Gasteiger partial charge on any atom is 0.142 e. The molecule has 0 saturated heterocycles. The summed E-state index contributed by atoms with van der Waals surface area (Å²) in [7, 11) is 0. The van der Waals surface area contributed by atoms with Crippen LogP contribution in [-0.2, 0) is 0 Å². The molecule has 1 heterocycles. The smallest absolute Gasteiger partial charge is 0.142 e. The van der Waals surface area contributed by atoms with Crippen LogP contribution in [0.3, 0.4) is 0 Å². The number of nitrogens with one attached hydrogen (secondary N) is 1. The molecule has 0 radical (unpaired) electrons. The standard InChI is InChI=1S/C15H16Cl2FNS/c1-3-12(13-5-4-8-20-13)19-9(2)14-10(16)6-7-11(18)15(14)17/h4-9,12,19H,3H2,1-2H3. The van der Waals surface area contributed by atoms with E-state index in [9.17, 15) is 4.39 Å². The van der Waals surface area contributed by atoms with Crippen LogP contribution in [0.4, 0.5) is 4.39 Å². The lowest BCUT2D eigenvalue weighted by Gasteiger charge is -2.23. The normalized spacial score (nSPS) is 14.2. The Morgan fingerprint density at radius 2 is 2.05 bits per heavy atom. The number of benzene rings is 1. The van der Waals surface area contributed by atoms with Gasteiger partial charge < -0.3 is 5.32 Å². The zero-order valence-electron chi connectivity index (χ0n) is 11.3. The predicted molar refractivity (Wildman–Crippen MR) is 85.3 cm³/mol. The van der Waals surface area contributed by atoms with Crippen molar-refractivity contribution in [1.82, 2.24) is 5.32 Å². The lowest BCUT2D eigenvalue weighted by atomic mass is 10.1. The summed E-state index contributed by atoms with van der Waals surface area (Å²) in [6.07, 6.45) is 0.940. The molecule has 0 fully saturated rings. The highest BCUT2D eigenvalue weighted by Crippen LogP contribution is 2.34. The maximum atomic E-state index is 13.6. The van der Waals surface area contributed by atoms with Crippen LogP contribution in [0.1, 0.15) is 42.8 Å². The van der Waals surface area contributed by atoms with Crippen molar-refractivity contribution in [3.8, 4) is 0 Å². The second-order valence-electron chi connectivity index (χ2n) is 4.62. The van der Waals surface area contributed by atoms with Crippen LogP contribution in [0, 0.1) is 5.82 Å². The first-order valence-corrected chi connectivity index (χ1v) is 8.11. The minimum atomic E-state index is -0.441. The largest absolute Gasteiger partial charge is 0.303 e. The molecule has 1 N–H and O–H groups in total. The Morgan fingerprint density at radius 3 is 2.65 bits per heavy atom. The van der Waals surface area contributed by atoms with Gasteiger partial charge in [-0.3, -0.25) is 0 Å². The van der Waals surface area contributed by atoms with Crippen LogP contribution in [0.25, 0.3) is 0 Å². The fourth-order valence-corrected chi connectivity index (χ4v) is 3.78. The third-order valence-electron chi connectivity index (χ3n) is 3.26. The molecule has 0 spiro atoms. The van der Waals surface area contributed by atoms with E-state index >= 15 is 0 Å². The van der Waals surface area contributed by atoms with Gasteiger partial charge in [0.05, 0.1) is 5.02 Å². The monoisotopic (exact) mass is 331 g/mol. The van der Waals surface area contributed by atoms with Gasteiger partial charge in [0.25, 0.3) is 0 Å². The summed E-state index contributed by atoms with van der Waals surface area (Å²) in [6, 6.07) is 7.03. The quantitative estimate of drug-likeness (QED) is 0.663. The number of hydrogen-bond donors (Lipinski definition) is 1. The Labute approximate surface area is 132 Å². The molecular weight excluding hydrogens is 316 g/mol. The molecule has 0 amide bonds. The van der Waals surface area contributed by atoms with Crippen molar-refractivity contribution in [2.24, 2.45) is 0 Å². The molecule has 20 heavy (non-hydrogen) atoms. The van der Waals surface area contributed by atoms with Crippen molar-refractivity contribution in [2.45, 2.75) is 32.4 Å². The number of hydrogen-bond acceptors (Lipinski definition) is 2. The van der Waals surface area contributed by atoms with E-state index in [-0.39, 0.29) is 17.1 Å². The Bertz CT molecular complexity index is 572. The summed E-state index contributed by atoms with van der Waals surface area (Å²) >= 11 is 13.9. The van der Waals surface area contributed by atoms with Gasteiger partial charge in [0.15, 0.2) is 0 Å². The molecule has 0 aliphatic heterocycles. The molecule has 0 saturated carbocycles. The summed E-state index contributed by atoms with van der Waals surface area (Å²) in [6.45, 7) is 4.06. The van der Waals surface area contributed by atoms with E-state index in [1.165, 1.54) is 10.9 Å². The van der Waals surface area contributed by atoms with Crippen LogP contribution < -0.4 is 5.32 Å². The fourth-order valence-electron chi connectivity index (χ4n) is 2.22. The summed E-state index contributed by atoms with van der Waals surface area (Å²) < 4.78 is 13.6. The second kappa shape index (κ2) is 6.90. The molecule has 2 unspecified atom stereocenters. The summed E-state index contributed by atoms with van der Waals surface area (Å²) in [5.41, 5.74) is 0.614. The van der Waals surface area contributed by atoms with Gasteiger partial charge in [-0.1, -0.05) is 36.2 Å². The van der Waals surface area contributed by atoms with E-state index in [0.29, 0.717) is 10.6 Å². The fraction of sp³-hybridized carbons (Fsp3) is 0.333. The van der Waals surface area contributed by atoms with Gasteiger partial charge in [-0.25, -0.2) is 4.39 Å². The minimum absolute atomic E-state index is 0.0959. The summed E-state index contributed by atoms with van der Waals surface area (Å²) in [5, 5.41) is 6.10. The highest BCUT2D eigenvalue weighted by Gasteiger charge is 2.20. The van der Waals surface area contributed by atoms with Gasteiger partial charge >= 0.3 is 0 Å². The predicted octanol–water partition coefficient (Wildman–Crippen LogP) is 6.00. The third kappa shape index (κ3) is 3.34. The van der Waals surface area contributed by atoms with E-state index in [4.69, 9.17) is 23.2 Å². The van der Waals surface area contributed by atoms with Gasteiger partial charge in [-0.2, -0.15) is 0 Å². The Kier molecular flexibility index (Phi) is 5.44. The van der Waals surface area contributed by atoms with Crippen LogP contribution in [-0.4, -0.2) is 0 Å².